The summed E-state index contributed by atoms with van der Waals surface area (Å²) in [5.41, 5.74) is 1.18. The number of amides is 3. The SMILES string of the molecule is CC(C)(CNCCCNC(=O)[C@@H](Cc1ccc2ccccc2c1)NC(=O)C1CCCN1C(=O)C(C)(C)C)OCc1ccccc1.Cl. The van der Waals surface area contributed by atoms with Gasteiger partial charge in [0, 0.05) is 31.5 Å². The number of nitrogens with zero attached hydrogens (tertiary/aromatic N) is 1. The van der Waals surface area contributed by atoms with E-state index < -0.39 is 17.5 Å². The highest BCUT2D eigenvalue weighted by molar-refractivity contribution is 5.93. The quantitative estimate of drug-likeness (QED) is 0.203. The van der Waals surface area contributed by atoms with Gasteiger partial charge in [-0.3, -0.25) is 14.4 Å². The van der Waals surface area contributed by atoms with Crippen LogP contribution in [0.1, 0.15) is 65.0 Å². The molecule has 0 saturated carbocycles. The van der Waals surface area contributed by atoms with E-state index in [9.17, 15) is 14.4 Å². The monoisotopic (exact) mass is 650 g/mol. The summed E-state index contributed by atoms with van der Waals surface area (Å²) in [5, 5.41) is 11.7. The average molecular weight is 651 g/mol. The molecule has 1 unspecified atom stereocenters. The van der Waals surface area contributed by atoms with Crippen LogP contribution in [0.2, 0.25) is 0 Å². The molecule has 1 heterocycles. The van der Waals surface area contributed by atoms with Crippen LogP contribution in [0.3, 0.4) is 0 Å². The molecule has 3 N–H and O–H groups in total. The normalized spacial score (nSPS) is 15.7. The Labute approximate surface area is 280 Å². The average Bonchev–Trinajstić information content (AvgIpc) is 3.51. The predicted molar refractivity (Wildman–Crippen MR) is 187 cm³/mol. The van der Waals surface area contributed by atoms with Crippen molar-refractivity contribution in [1.29, 1.82) is 0 Å². The van der Waals surface area contributed by atoms with Crippen molar-refractivity contribution in [3.05, 3.63) is 83.9 Å². The van der Waals surface area contributed by atoms with Gasteiger partial charge < -0.3 is 25.6 Å². The Balaban J connectivity index is 0.00000576. The van der Waals surface area contributed by atoms with Crippen LogP contribution in [0.4, 0.5) is 0 Å². The minimum Gasteiger partial charge on any atom is -0.370 e. The Bertz CT molecular complexity index is 1440. The first-order valence-electron chi connectivity index (χ1n) is 16.2. The van der Waals surface area contributed by atoms with E-state index in [1.54, 1.807) is 4.90 Å². The summed E-state index contributed by atoms with van der Waals surface area (Å²) >= 11 is 0. The molecular weight excluding hydrogens is 600 g/mol. The predicted octanol–water partition coefficient (Wildman–Crippen LogP) is 5.42. The van der Waals surface area contributed by atoms with Crippen LogP contribution in [0.5, 0.6) is 0 Å². The number of hydrogen-bond acceptors (Lipinski definition) is 5. The van der Waals surface area contributed by atoms with Crippen LogP contribution >= 0.6 is 12.4 Å². The van der Waals surface area contributed by atoms with Gasteiger partial charge in [0.15, 0.2) is 0 Å². The number of ether oxygens (including phenoxy) is 1. The lowest BCUT2D eigenvalue weighted by Gasteiger charge is -2.31. The summed E-state index contributed by atoms with van der Waals surface area (Å²) in [7, 11) is 0. The highest BCUT2D eigenvalue weighted by atomic mass is 35.5. The molecule has 4 rings (SSSR count). The van der Waals surface area contributed by atoms with E-state index in [1.807, 2.05) is 69.3 Å². The molecule has 0 spiro atoms. The second kappa shape index (κ2) is 16.9. The van der Waals surface area contributed by atoms with E-state index in [4.69, 9.17) is 4.74 Å². The third kappa shape index (κ3) is 10.8. The molecule has 250 valence electrons. The third-order valence-electron chi connectivity index (χ3n) is 8.20. The number of rotatable bonds is 14. The first kappa shape index (κ1) is 37.0. The van der Waals surface area contributed by atoms with Crippen molar-refractivity contribution < 1.29 is 19.1 Å². The smallest absolute Gasteiger partial charge is 0.243 e. The van der Waals surface area contributed by atoms with Crippen molar-refractivity contribution in [1.82, 2.24) is 20.9 Å². The maximum absolute atomic E-state index is 13.6. The maximum Gasteiger partial charge on any atom is 0.243 e. The second-order valence-electron chi connectivity index (χ2n) is 13.7. The van der Waals surface area contributed by atoms with E-state index in [-0.39, 0.29) is 35.7 Å². The molecule has 1 aliphatic rings. The van der Waals surface area contributed by atoms with Gasteiger partial charge in [-0.05, 0) is 61.6 Å². The highest BCUT2D eigenvalue weighted by Gasteiger charge is 2.39. The zero-order valence-corrected chi connectivity index (χ0v) is 28.8. The molecule has 1 saturated heterocycles. The van der Waals surface area contributed by atoms with E-state index >= 15 is 0 Å². The molecule has 0 radical (unpaired) electrons. The largest absolute Gasteiger partial charge is 0.370 e. The Hall–Kier alpha value is -3.46. The van der Waals surface area contributed by atoms with Gasteiger partial charge in [-0.2, -0.15) is 0 Å². The van der Waals surface area contributed by atoms with Crippen molar-refractivity contribution in [3.8, 4) is 0 Å². The van der Waals surface area contributed by atoms with Gasteiger partial charge in [0.25, 0.3) is 0 Å². The first-order valence-corrected chi connectivity index (χ1v) is 16.2. The summed E-state index contributed by atoms with van der Waals surface area (Å²) < 4.78 is 6.10. The molecule has 3 amide bonds. The lowest BCUT2D eigenvalue weighted by atomic mass is 9.94. The van der Waals surface area contributed by atoms with Crippen molar-refractivity contribution in [3.63, 3.8) is 0 Å². The highest BCUT2D eigenvalue weighted by Crippen LogP contribution is 2.26. The Kier molecular flexibility index (Phi) is 13.6. The van der Waals surface area contributed by atoms with Crippen molar-refractivity contribution in [2.75, 3.05) is 26.2 Å². The van der Waals surface area contributed by atoms with Crippen molar-refractivity contribution in [2.24, 2.45) is 5.41 Å². The minimum absolute atomic E-state index is 0. The summed E-state index contributed by atoms with van der Waals surface area (Å²) in [6.45, 7) is 12.7. The molecule has 0 bridgehead atoms. The van der Waals surface area contributed by atoms with Crippen molar-refractivity contribution in [2.45, 2.75) is 84.6 Å². The topological polar surface area (TPSA) is 99.8 Å². The molecule has 0 aliphatic carbocycles. The van der Waals surface area contributed by atoms with Gasteiger partial charge in [0.05, 0.1) is 12.2 Å². The Morgan fingerprint density at radius 1 is 0.891 bits per heavy atom. The molecule has 46 heavy (non-hydrogen) atoms. The van der Waals surface area contributed by atoms with Crippen LogP contribution in [0, 0.1) is 5.41 Å². The molecule has 3 aromatic rings. The van der Waals surface area contributed by atoms with Gasteiger partial charge in [-0.15, -0.1) is 12.4 Å². The maximum atomic E-state index is 13.6. The van der Waals surface area contributed by atoms with Crippen LogP contribution in [-0.4, -0.2) is 66.5 Å². The number of fused-ring (bicyclic) bond motifs is 1. The fourth-order valence-corrected chi connectivity index (χ4v) is 5.63. The summed E-state index contributed by atoms with van der Waals surface area (Å²) in [4.78, 5) is 41.8. The zero-order valence-electron chi connectivity index (χ0n) is 27.9. The molecule has 0 aromatic heterocycles. The first-order chi connectivity index (χ1) is 21.4. The Morgan fingerprint density at radius 2 is 1.59 bits per heavy atom. The molecule has 1 aliphatic heterocycles. The summed E-state index contributed by atoms with van der Waals surface area (Å²) in [6.07, 6.45) is 2.44. The second-order valence-corrected chi connectivity index (χ2v) is 13.7. The van der Waals surface area contributed by atoms with Gasteiger partial charge in [0.1, 0.15) is 12.1 Å². The molecular formula is C37H51ClN4O4. The van der Waals surface area contributed by atoms with Crippen LogP contribution in [-0.2, 0) is 32.1 Å². The number of nitrogens with one attached hydrogen (secondary N) is 3. The van der Waals surface area contributed by atoms with Gasteiger partial charge in [-0.25, -0.2) is 0 Å². The molecule has 3 aromatic carbocycles. The van der Waals surface area contributed by atoms with Crippen LogP contribution in [0.15, 0.2) is 72.8 Å². The fraction of sp³-hybridized carbons (Fsp3) is 0.486. The van der Waals surface area contributed by atoms with E-state index in [1.165, 1.54) is 0 Å². The van der Waals surface area contributed by atoms with Crippen molar-refractivity contribution >= 4 is 40.9 Å². The molecule has 1 fully saturated rings. The van der Waals surface area contributed by atoms with Gasteiger partial charge in [0.2, 0.25) is 17.7 Å². The zero-order chi connectivity index (χ0) is 32.5. The summed E-state index contributed by atoms with van der Waals surface area (Å²) in [5.74, 6) is -0.544. The van der Waals surface area contributed by atoms with E-state index in [0.29, 0.717) is 45.6 Å². The van der Waals surface area contributed by atoms with Gasteiger partial charge >= 0.3 is 0 Å². The minimum atomic E-state index is -0.760. The molecule has 2 atom stereocenters. The van der Waals surface area contributed by atoms with E-state index in [2.05, 4.69) is 54.1 Å². The lowest BCUT2D eigenvalue weighted by Crippen LogP contribution is -2.55. The van der Waals surface area contributed by atoms with Crippen LogP contribution < -0.4 is 16.0 Å². The van der Waals surface area contributed by atoms with Gasteiger partial charge in [-0.1, -0.05) is 93.6 Å². The third-order valence-corrected chi connectivity index (χ3v) is 8.20. The standard InChI is InChI=1S/C37H50N4O4.ClH/c1-36(2,3)35(44)41-22-11-17-32(41)34(43)40-31(24-28-18-19-29-15-9-10-16-30(29)23-28)33(42)39-21-12-20-38-26-37(4,5)45-25-27-13-7-6-8-14-27;/h6-10,13-16,18-19,23,31-32,38H,11-12,17,20-22,24-26H2,1-5H3,(H,39,42)(H,40,43);1H/t31-,32?;/m1./s1. The van der Waals surface area contributed by atoms with Crippen LogP contribution in [0.25, 0.3) is 10.8 Å². The number of likely N-dealkylation sites (tertiary alicyclic amines) is 1. The fourth-order valence-electron chi connectivity index (χ4n) is 5.63. The van der Waals surface area contributed by atoms with E-state index in [0.717, 1.165) is 34.7 Å². The number of halogens is 1. The number of carbonyl (C=O) groups is 3. The number of carbonyl (C=O) groups excluding carboxylic acids is 3. The Morgan fingerprint density at radius 3 is 2.30 bits per heavy atom. The number of benzene rings is 3. The molecule has 8 nitrogen and oxygen atoms in total. The lowest BCUT2D eigenvalue weighted by molar-refractivity contribution is -0.145. The number of hydrogen-bond donors (Lipinski definition) is 3. The molecule has 9 heteroatoms. The summed E-state index contributed by atoms with van der Waals surface area (Å²) in [6, 6.07) is 23.0.